The Morgan fingerprint density at radius 1 is 1.00 bits per heavy atom. The van der Waals surface area contributed by atoms with Crippen LogP contribution in [0.25, 0.3) is 0 Å². The number of rotatable bonds is 14. The lowest BCUT2D eigenvalue weighted by Gasteiger charge is -2.19. The lowest BCUT2D eigenvalue weighted by molar-refractivity contribution is 0.126. The van der Waals surface area contributed by atoms with Crippen molar-refractivity contribution >= 4 is 0 Å². The number of hydrogen-bond acceptors (Lipinski definition) is 2. The van der Waals surface area contributed by atoms with Gasteiger partial charge in [0.1, 0.15) is 6.10 Å². The van der Waals surface area contributed by atoms with E-state index in [9.17, 15) is 0 Å². The molecule has 148 valence electrons. The van der Waals surface area contributed by atoms with Gasteiger partial charge < -0.3 is 9.47 Å². The van der Waals surface area contributed by atoms with E-state index in [1.807, 2.05) is 0 Å². The minimum absolute atomic E-state index is 0.321. The molecule has 1 saturated heterocycles. The Bertz CT molecular complexity index is 499. The first-order valence-electron chi connectivity index (χ1n) is 11.0. The molecule has 2 heteroatoms. The van der Waals surface area contributed by atoms with Gasteiger partial charge in [-0.15, -0.1) is 0 Å². The number of aryl methyl sites for hydroxylation is 1. The van der Waals surface area contributed by atoms with Crippen molar-refractivity contribution in [3.63, 3.8) is 0 Å². The summed E-state index contributed by atoms with van der Waals surface area (Å²) in [5, 5.41) is 0. The van der Waals surface area contributed by atoms with E-state index in [-0.39, 0.29) is 0 Å². The maximum Gasteiger partial charge on any atom is 0.109 e. The average molecular weight is 361 g/mol. The summed E-state index contributed by atoms with van der Waals surface area (Å²) < 4.78 is 11.6. The molecule has 0 spiro atoms. The summed E-state index contributed by atoms with van der Waals surface area (Å²) in [7, 11) is 0. The van der Waals surface area contributed by atoms with Crippen molar-refractivity contribution in [2.45, 2.75) is 91.3 Å². The van der Waals surface area contributed by atoms with Crippen molar-refractivity contribution in [2.24, 2.45) is 11.8 Å². The number of benzene rings is 1. The van der Waals surface area contributed by atoms with Gasteiger partial charge in [0.25, 0.3) is 0 Å². The van der Waals surface area contributed by atoms with Gasteiger partial charge in [-0.1, -0.05) is 71.2 Å². The SMILES string of the molecule is CCCCOCCCC1OC1c1cccc(CCC(C)C(C)CCC)c1. The fourth-order valence-corrected chi connectivity index (χ4v) is 3.73. The number of ether oxygens (including phenoxy) is 2. The first kappa shape index (κ1) is 21.4. The highest BCUT2D eigenvalue weighted by atomic mass is 16.6. The third-order valence-electron chi connectivity index (χ3n) is 5.89. The molecule has 1 fully saturated rings. The van der Waals surface area contributed by atoms with E-state index in [0.29, 0.717) is 12.2 Å². The van der Waals surface area contributed by atoms with Crippen molar-refractivity contribution in [1.29, 1.82) is 0 Å². The van der Waals surface area contributed by atoms with E-state index in [4.69, 9.17) is 9.47 Å². The van der Waals surface area contributed by atoms with Crippen LogP contribution < -0.4 is 0 Å². The number of hydrogen-bond donors (Lipinski definition) is 0. The van der Waals surface area contributed by atoms with Gasteiger partial charge >= 0.3 is 0 Å². The Morgan fingerprint density at radius 2 is 1.77 bits per heavy atom. The van der Waals surface area contributed by atoms with Crippen molar-refractivity contribution in [3.05, 3.63) is 35.4 Å². The standard InChI is InChI=1S/C24H40O2/c1-5-7-16-25-17-9-13-23-24(26-23)22-12-8-11-21(18-22)15-14-20(4)19(3)10-6-2/h8,11-12,18-20,23-24H,5-7,9-10,13-17H2,1-4H3. The molecule has 4 atom stereocenters. The molecule has 1 aromatic carbocycles. The maximum atomic E-state index is 5.93. The van der Waals surface area contributed by atoms with E-state index < -0.39 is 0 Å². The molecule has 0 aliphatic carbocycles. The molecule has 1 aliphatic heterocycles. The summed E-state index contributed by atoms with van der Waals surface area (Å²) in [6.07, 6.45) is 10.5. The quantitative estimate of drug-likeness (QED) is 0.271. The van der Waals surface area contributed by atoms with E-state index in [2.05, 4.69) is 52.0 Å². The van der Waals surface area contributed by atoms with Gasteiger partial charge in [-0.25, -0.2) is 0 Å². The largest absolute Gasteiger partial charge is 0.381 e. The summed E-state index contributed by atoms with van der Waals surface area (Å²) >= 11 is 0. The highest BCUT2D eigenvalue weighted by Gasteiger charge is 2.39. The second-order valence-corrected chi connectivity index (χ2v) is 8.23. The number of unbranched alkanes of at least 4 members (excludes halogenated alkanes) is 1. The van der Waals surface area contributed by atoms with Gasteiger partial charge in [0, 0.05) is 13.2 Å². The van der Waals surface area contributed by atoms with Crippen LogP contribution in [0, 0.1) is 11.8 Å². The van der Waals surface area contributed by atoms with Gasteiger partial charge in [-0.3, -0.25) is 0 Å². The van der Waals surface area contributed by atoms with E-state index in [0.717, 1.165) is 37.9 Å². The molecule has 1 aliphatic rings. The normalized spacial score (nSPS) is 21.5. The lowest BCUT2D eigenvalue weighted by atomic mass is 9.87. The first-order chi connectivity index (χ1) is 12.7. The zero-order chi connectivity index (χ0) is 18.8. The van der Waals surface area contributed by atoms with Crippen LogP contribution in [-0.4, -0.2) is 19.3 Å². The van der Waals surface area contributed by atoms with E-state index >= 15 is 0 Å². The second kappa shape index (κ2) is 11.8. The molecule has 0 bridgehead atoms. The molecule has 0 aromatic heterocycles. The van der Waals surface area contributed by atoms with Crippen LogP contribution in [0.15, 0.2) is 24.3 Å². The van der Waals surface area contributed by atoms with Crippen LogP contribution in [0.3, 0.4) is 0 Å². The van der Waals surface area contributed by atoms with Crippen molar-refractivity contribution in [2.75, 3.05) is 13.2 Å². The minimum atomic E-state index is 0.321. The Hall–Kier alpha value is -0.860. The second-order valence-electron chi connectivity index (χ2n) is 8.23. The summed E-state index contributed by atoms with van der Waals surface area (Å²) in [4.78, 5) is 0. The van der Waals surface area contributed by atoms with Crippen LogP contribution in [0.5, 0.6) is 0 Å². The molecular formula is C24H40O2. The van der Waals surface area contributed by atoms with Crippen molar-refractivity contribution in [3.8, 4) is 0 Å². The predicted molar refractivity (Wildman–Crippen MR) is 111 cm³/mol. The molecule has 2 rings (SSSR count). The minimum Gasteiger partial charge on any atom is -0.381 e. The Kier molecular flexibility index (Phi) is 9.71. The molecule has 26 heavy (non-hydrogen) atoms. The fourth-order valence-electron chi connectivity index (χ4n) is 3.73. The van der Waals surface area contributed by atoms with E-state index in [1.54, 1.807) is 0 Å². The zero-order valence-electron chi connectivity index (χ0n) is 17.5. The van der Waals surface area contributed by atoms with Crippen LogP contribution >= 0.6 is 0 Å². The third-order valence-corrected chi connectivity index (χ3v) is 5.89. The summed E-state index contributed by atoms with van der Waals surface area (Å²) in [6, 6.07) is 9.09. The highest BCUT2D eigenvalue weighted by Crippen LogP contribution is 2.41. The fraction of sp³-hybridized carbons (Fsp3) is 0.750. The monoisotopic (exact) mass is 360 g/mol. The van der Waals surface area contributed by atoms with Gasteiger partial charge in [0.2, 0.25) is 0 Å². The van der Waals surface area contributed by atoms with Crippen molar-refractivity contribution < 1.29 is 9.47 Å². The Balaban J connectivity index is 1.69. The van der Waals surface area contributed by atoms with Crippen LogP contribution in [0.2, 0.25) is 0 Å². The van der Waals surface area contributed by atoms with Gasteiger partial charge in [0.15, 0.2) is 0 Å². The third kappa shape index (κ3) is 7.40. The first-order valence-corrected chi connectivity index (χ1v) is 11.0. The molecule has 1 heterocycles. The molecule has 1 aromatic rings. The molecule has 4 unspecified atom stereocenters. The molecule has 0 saturated carbocycles. The molecule has 0 N–H and O–H groups in total. The van der Waals surface area contributed by atoms with Crippen LogP contribution in [0.1, 0.15) is 89.9 Å². The van der Waals surface area contributed by atoms with Crippen LogP contribution in [-0.2, 0) is 15.9 Å². The summed E-state index contributed by atoms with van der Waals surface area (Å²) in [6.45, 7) is 11.1. The topological polar surface area (TPSA) is 21.8 Å². The Labute approximate surface area is 161 Å². The molecule has 0 radical (unpaired) electrons. The predicted octanol–water partition coefficient (Wildman–Crippen LogP) is 6.73. The zero-order valence-corrected chi connectivity index (χ0v) is 17.5. The van der Waals surface area contributed by atoms with Gasteiger partial charge in [-0.2, -0.15) is 0 Å². The molecule has 0 amide bonds. The van der Waals surface area contributed by atoms with Gasteiger partial charge in [0.05, 0.1) is 6.10 Å². The summed E-state index contributed by atoms with van der Waals surface area (Å²) in [5.41, 5.74) is 2.84. The lowest BCUT2D eigenvalue weighted by Crippen LogP contribution is -2.09. The van der Waals surface area contributed by atoms with Crippen LogP contribution in [0.4, 0.5) is 0 Å². The van der Waals surface area contributed by atoms with E-state index in [1.165, 1.54) is 49.7 Å². The highest BCUT2D eigenvalue weighted by molar-refractivity contribution is 5.28. The van der Waals surface area contributed by atoms with Gasteiger partial charge in [-0.05, 0) is 55.1 Å². The summed E-state index contributed by atoms with van der Waals surface area (Å²) in [5.74, 6) is 1.63. The number of epoxide rings is 1. The molecule has 2 nitrogen and oxygen atoms in total. The smallest absolute Gasteiger partial charge is 0.109 e. The molecular weight excluding hydrogens is 320 g/mol. The maximum absolute atomic E-state index is 5.93. The average Bonchev–Trinajstić information content (AvgIpc) is 3.42. The van der Waals surface area contributed by atoms with Crippen molar-refractivity contribution in [1.82, 2.24) is 0 Å². The Morgan fingerprint density at radius 3 is 2.54 bits per heavy atom.